The van der Waals surface area contributed by atoms with E-state index in [1.54, 1.807) is 12.1 Å². The van der Waals surface area contributed by atoms with Gasteiger partial charge in [-0.05, 0) is 28.2 Å². The van der Waals surface area contributed by atoms with Crippen molar-refractivity contribution in [1.82, 2.24) is 0 Å². The zero-order valence-corrected chi connectivity index (χ0v) is 14.8. The van der Waals surface area contributed by atoms with Crippen LogP contribution >= 0.6 is 22.6 Å². The Bertz CT molecular complexity index is 675. The lowest BCUT2D eigenvalue weighted by Crippen LogP contribution is -2.07. The summed E-state index contributed by atoms with van der Waals surface area (Å²) >= 11 is 1.95. The molecule has 2 aromatic rings. The second-order valence-corrected chi connectivity index (χ2v) is 5.77. The normalized spacial score (nSPS) is 10.0. The zero-order valence-electron chi connectivity index (χ0n) is 12.7. The maximum absolute atomic E-state index is 11.2. The van der Waals surface area contributed by atoms with Crippen molar-refractivity contribution in [3.05, 3.63) is 51.6 Å². The Morgan fingerprint density at radius 3 is 1.96 bits per heavy atom. The minimum absolute atomic E-state index is 0.292. The van der Waals surface area contributed by atoms with Gasteiger partial charge in [0.05, 0.1) is 3.57 Å². The molecule has 0 amide bonds. The van der Waals surface area contributed by atoms with Crippen molar-refractivity contribution < 1.29 is 23.8 Å². The SMILES string of the molecule is CC(=O)Oc1cc(OCc2ccccc2)cc(OC(C)=O)c1I. The molecule has 0 saturated heterocycles. The maximum atomic E-state index is 11.2. The summed E-state index contributed by atoms with van der Waals surface area (Å²) in [7, 11) is 0. The fourth-order valence-corrected chi connectivity index (χ4v) is 2.36. The Kier molecular flexibility index (Phi) is 5.97. The van der Waals surface area contributed by atoms with Crippen LogP contribution in [0.1, 0.15) is 19.4 Å². The smallest absolute Gasteiger partial charge is 0.308 e. The van der Waals surface area contributed by atoms with Crippen molar-refractivity contribution in [2.24, 2.45) is 0 Å². The van der Waals surface area contributed by atoms with E-state index in [1.165, 1.54) is 13.8 Å². The number of hydrogen-bond donors (Lipinski definition) is 0. The van der Waals surface area contributed by atoms with Gasteiger partial charge < -0.3 is 14.2 Å². The summed E-state index contributed by atoms with van der Waals surface area (Å²) in [5.41, 5.74) is 0.995. The highest BCUT2D eigenvalue weighted by molar-refractivity contribution is 14.1. The van der Waals surface area contributed by atoms with Crippen LogP contribution < -0.4 is 14.2 Å². The Morgan fingerprint density at radius 2 is 1.48 bits per heavy atom. The summed E-state index contributed by atoms with van der Waals surface area (Å²) in [6.07, 6.45) is 0. The summed E-state index contributed by atoms with van der Waals surface area (Å²) in [6, 6.07) is 12.8. The zero-order chi connectivity index (χ0) is 16.8. The van der Waals surface area contributed by atoms with Crippen molar-refractivity contribution in [3.8, 4) is 17.2 Å². The van der Waals surface area contributed by atoms with Crippen LogP contribution in [-0.2, 0) is 16.2 Å². The number of halogens is 1. The lowest BCUT2D eigenvalue weighted by molar-refractivity contribution is -0.132. The summed E-state index contributed by atoms with van der Waals surface area (Å²) in [4.78, 5) is 22.4. The van der Waals surface area contributed by atoms with E-state index in [1.807, 2.05) is 52.9 Å². The van der Waals surface area contributed by atoms with E-state index in [2.05, 4.69) is 0 Å². The minimum Gasteiger partial charge on any atom is -0.489 e. The van der Waals surface area contributed by atoms with E-state index in [-0.39, 0.29) is 0 Å². The number of carbonyl (C=O) groups excluding carboxylic acids is 2. The monoisotopic (exact) mass is 426 g/mol. The van der Waals surface area contributed by atoms with Crippen LogP contribution in [0.3, 0.4) is 0 Å². The maximum Gasteiger partial charge on any atom is 0.308 e. The minimum atomic E-state index is -0.461. The first-order chi connectivity index (χ1) is 11.0. The summed E-state index contributed by atoms with van der Waals surface area (Å²) in [5, 5.41) is 0. The van der Waals surface area contributed by atoms with Gasteiger partial charge in [0.15, 0.2) is 11.5 Å². The molecule has 2 aromatic carbocycles. The fourth-order valence-electron chi connectivity index (χ4n) is 1.83. The molecule has 0 bridgehead atoms. The first kappa shape index (κ1) is 17.3. The van der Waals surface area contributed by atoms with E-state index in [9.17, 15) is 9.59 Å². The number of esters is 2. The Labute approximate surface area is 147 Å². The average Bonchev–Trinajstić information content (AvgIpc) is 2.49. The first-order valence-electron chi connectivity index (χ1n) is 6.83. The van der Waals surface area contributed by atoms with Crippen LogP contribution in [-0.4, -0.2) is 11.9 Å². The highest BCUT2D eigenvalue weighted by Crippen LogP contribution is 2.36. The third kappa shape index (κ3) is 5.24. The molecule has 0 unspecified atom stereocenters. The van der Waals surface area contributed by atoms with Gasteiger partial charge in [-0.15, -0.1) is 0 Å². The summed E-state index contributed by atoms with van der Waals surface area (Å²) < 4.78 is 16.5. The van der Waals surface area contributed by atoms with Crippen LogP contribution in [0.25, 0.3) is 0 Å². The topological polar surface area (TPSA) is 61.8 Å². The predicted molar refractivity (Wildman–Crippen MR) is 92.6 cm³/mol. The Hall–Kier alpha value is -2.09. The van der Waals surface area contributed by atoms with Gasteiger partial charge in [0.2, 0.25) is 0 Å². The molecule has 6 heteroatoms. The molecule has 0 aliphatic rings. The van der Waals surface area contributed by atoms with Gasteiger partial charge in [0.1, 0.15) is 12.4 Å². The molecule has 120 valence electrons. The summed E-state index contributed by atoms with van der Waals surface area (Å²) in [5.74, 6) is 0.107. The third-order valence-corrected chi connectivity index (χ3v) is 3.80. The van der Waals surface area contributed by atoms with Gasteiger partial charge in [0.25, 0.3) is 0 Å². The van der Waals surface area contributed by atoms with E-state index in [0.29, 0.717) is 27.4 Å². The molecule has 0 aliphatic carbocycles. The predicted octanol–water partition coefficient (Wildman–Crippen LogP) is 3.72. The largest absolute Gasteiger partial charge is 0.489 e. The molecule has 23 heavy (non-hydrogen) atoms. The lowest BCUT2D eigenvalue weighted by Gasteiger charge is -2.13. The molecule has 0 heterocycles. The Balaban J connectivity index is 2.26. The molecule has 0 spiro atoms. The quantitative estimate of drug-likeness (QED) is 0.415. The van der Waals surface area contributed by atoms with Gasteiger partial charge >= 0.3 is 11.9 Å². The van der Waals surface area contributed by atoms with Gasteiger partial charge in [0, 0.05) is 26.0 Å². The molecule has 0 fully saturated rings. The van der Waals surface area contributed by atoms with Crippen molar-refractivity contribution in [2.75, 3.05) is 0 Å². The van der Waals surface area contributed by atoms with Gasteiger partial charge in [-0.25, -0.2) is 0 Å². The molecular weight excluding hydrogens is 411 g/mol. The second-order valence-electron chi connectivity index (χ2n) is 4.70. The summed E-state index contributed by atoms with van der Waals surface area (Å²) in [6.45, 7) is 2.96. The fraction of sp³-hybridized carbons (Fsp3) is 0.176. The number of benzene rings is 2. The standard InChI is InChI=1S/C17H15IO5/c1-11(19)22-15-8-14(9-16(17(15)18)23-12(2)20)21-10-13-6-4-3-5-7-13/h3-9H,10H2,1-2H3. The van der Waals surface area contributed by atoms with Crippen LogP contribution in [0, 0.1) is 3.57 Å². The van der Waals surface area contributed by atoms with Crippen LogP contribution in [0.4, 0.5) is 0 Å². The van der Waals surface area contributed by atoms with Gasteiger partial charge in [-0.1, -0.05) is 30.3 Å². The molecule has 0 N–H and O–H groups in total. The van der Waals surface area contributed by atoms with Crippen molar-refractivity contribution in [2.45, 2.75) is 20.5 Å². The van der Waals surface area contributed by atoms with Gasteiger partial charge in [-0.3, -0.25) is 9.59 Å². The first-order valence-corrected chi connectivity index (χ1v) is 7.90. The number of carbonyl (C=O) groups is 2. The van der Waals surface area contributed by atoms with E-state index in [4.69, 9.17) is 14.2 Å². The molecule has 0 saturated carbocycles. The van der Waals surface area contributed by atoms with Crippen molar-refractivity contribution in [3.63, 3.8) is 0 Å². The average molecular weight is 426 g/mol. The van der Waals surface area contributed by atoms with Crippen LogP contribution in [0.2, 0.25) is 0 Å². The van der Waals surface area contributed by atoms with Crippen LogP contribution in [0.15, 0.2) is 42.5 Å². The lowest BCUT2D eigenvalue weighted by atomic mass is 10.2. The molecule has 0 radical (unpaired) electrons. The molecule has 0 aliphatic heterocycles. The highest BCUT2D eigenvalue weighted by atomic mass is 127. The van der Waals surface area contributed by atoms with Gasteiger partial charge in [-0.2, -0.15) is 0 Å². The number of hydrogen-bond acceptors (Lipinski definition) is 5. The highest BCUT2D eigenvalue weighted by Gasteiger charge is 2.15. The van der Waals surface area contributed by atoms with Crippen molar-refractivity contribution in [1.29, 1.82) is 0 Å². The third-order valence-electron chi connectivity index (χ3n) is 2.74. The molecule has 0 aromatic heterocycles. The number of rotatable bonds is 5. The molecular formula is C17H15IO5. The second kappa shape index (κ2) is 7.96. The van der Waals surface area contributed by atoms with E-state index < -0.39 is 11.9 Å². The Morgan fingerprint density at radius 1 is 0.957 bits per heavy atom. The van der Waals surface area contributed by atoms with Crippen molar-refractivity contribution >= 4 is 34.5 Å². The van der Waals surface area contributed by atoms with E-state index >= 15 is 0 Å². The molecule has 0 atom stereocenters. The molecule has 2 rings (SSSR count). The number of ether oxygens (including phenoxy) is 3. The van der Waals surface area contributed by atoms with Crippen LogP contribution in [0.5, 0.6) is 17.2 Å². The molecule has 5 nitrogen and oxygen atoms in total. The van der Waals surface area contributed by atoms with E-state index in [0.717, 1.165) is 5.56 Å².